The second kappa shape index (κ2) is 6.28. The van der Waals surface area contributed by atoms with Gasteiger partial charge in [0.1, 0.15) is 0 Å². The molecule has 2 nitrogen and oxygen atoms in total. The van der Waals surface area contributed by atoms with Crippen molar-refractivity contribution in [1.82, 2.24) is 0 Å². The zero-order valence-corrected chi connectivity index (χ0v) is 9.74. The van der Waals surface area contributed by atoms with Gasteiger partial charge in [0.15, 0.2) is 0 Å². The van der Waals surface area contributed by atoms with Gasteiger partial charge in [-0.25, -0.2) is 0 Å². The van der Waals surface area contributed by atoms with Crippen LogP contribution in [0.15, 0.2) is 0 Å². The van der Waals surface area contributed by atoms with Crippen LogP contribution in [-0.4, -0.2) is 11.1 Å². The molecule has 3 heteroatoms. The molecule has 1 N–H and O–H groups in total. The lowest BCUT2D eigenvalue weighted by atomic mass is 9.71. The molecule has 0 heterocycles. The number of carboxylic acid groups (broad SMARTS) is 1. The summed E-state index contributed by atoms with van der Waals surface area (Å²) >= 11 is 0. The molecule has 0 aliphatic heterocycles. The molecule has 0 saturated heterocycles. The van der Waals surface area contributed by atoms with Crippen molar-refractivity contribution in [2.75, 3.05) is 0 Å². The van der Waals surface area contributed by atoms with E-state index in [1.165, 1.54) is 6.42 Å². The molecule has 1 aliphatic rings. The third-order valence-electron chi connectivity index (χ3n) is 3.27. The van der Waals surface area contributed by atoms with Gasteiger partial charge in [0, 0.05) is 0 Å². The van der Waals surface area contributed by atoms with Crippen molar-refractivity contribution in [3.63, 3.8) is 0 Å². The van der Waals surface area contributed by atoms with Crippen molar-refractivity contribution >= 4 is 18.4 Å². The highest BCUT2D eigenvalue weighted by Gasteiger charge is 2.38. The quantitative estimate of drug-likeness (QED) is 0.786. The largest absolute Gasteiger partial charge is 0.481 e. The second-order valence-corrected chi connectivity index (χ2v) is 4.25. The Kier molecular flexibility index (Phi) is 6.17. The molecule has 1 rings (SSSR count). The van der Waals surface area contributed by atoms with E-state index in [4.69, 9.17) is 0 Å². The van der Waals surface area contributed by atoms with Crippen LogP contribution in [0.2, 0.25) is 0 Å². The third-order valence-corrected chi connectivity index (χ3v) is 3.27. The lowest BCUT2D eigenvalue weighted by Gasteiger charge is -2.33. The number of hydrogen-bond acceptors (Lipinski definition) is 1. The van der Waals surface area contributed by atoms with E-state index >= 15 is 0 Å². The molecule has 0 bridgehead atoms. The van der Waals surface area contributed by atoms with Crippen molar-refractivity contribution in [2.45, 2.75) is 58.3 Å². The summed E-state index contributed by atoms with van der Waals surface area (Å²) in [6.45, 7) is 2.12. The summed E-state index contributed by atoms with van der Waals surface area (Å²) in [4.78, 5) is 11.2. The van der Waals surface area contributed by atoms with E-state index in [1.54, 1.807) is 0 Å². The zero-order chi connectivity index (χ0) is 9.73. The summed E-state index contributed by atoms with van der Waals surface area (Å²) in [6, 6.07) is 0. The molecule has 1 aliphatic carbocycles. The Labute approximate surface area is 92.5 Å². The first-order valence-corrected chi connectivity index (χ1v) is 5.45. The molecular weight excluding hydrogens is 200 g/mol. The van der Waals surface area contributed by atoms with Gasteiger partial charge in [-0.05, 0) is 19.3 Å². The highest BCUT2D eigenvalue weighted by Crippen LogP contribution is 2.40. The minimum absolute atomic E-state index is 0. The van der Waals surface area contributed by atoms with Gasteiger partial charge in [-0.1, -0.05) is 39.0 Å². The number of unbranched alkanes of at least 4 members (excludes halogenated alkanes) is 1. The Morgan fingerprint density at radius 3 is 2.29 bits per heavy atom. The number of carboxylic acids is 1. The predicted molar refractivity (Wildman–Crippen MR) is 59.9 cm³/mol. The first kappa shape index (κ1) is 13.8. The standard InChI is InChI=1S/C11H20O2.ClH/c1-2-3-7-11(10(12)13)8-5-4-6-9-11;/h2-9H2,1H3,(H,12,13);1H. The Balaban J connectivity index is 0.00000169. The Morgan fingerprint density at radius 2 is 1.86 bits per heavy atom. The molecule has 0 atom stereocenters. The number of hydrogen-bond donors (Lipinski definition) is 1. The smallest absolute Gasteiger partial charge is 0.309 e. The maximum absolute atomic E-state index is 11.2. The van der Waals surface area contributed by atoms with Crippen LogP contribution < -0.4 is 0 Å². The average molecular weight is 221 g/mol. The third kappa shape index (κ3) is 3.16. The fourth-order valence-corrected chi connectivity index (χ4v) is 2.31. The minimum Gasteiger partial charge on any atom is -0.481 e. The summed E-state index contributed by atoms with van der Waals surface area (Å²) in [7, 11) is 0. The molecule has 0 spiro atoms. The van der Waals surface area contributed by atoms with Crippen LogP contribution in [0.3, 0.4) is 0 Å². The van der Waals surface area contributed by atoms with Gasteiger partial charge < -0.3 is 5.11 Å². The zero-order valence-electron chi connectivity index (χ0n) is 8.92. The lowest BCUT2D eigenvalue weighted by molar-refractivity contribution is -0.151. The maximum Gasteiger partial charge on any atom is 0.309 e. The van der Waals surface area contributed by atoms with Crippen molar-refractivity contribution in [3.05, 3.63) is 0 Å². The molecule has 0 aromatic carbocycles. The molecule has 0 aromatic rings. The van der Waals surface area contributed by atoms with Gasteiger partial charge in [0.25, 0.3) is 0 Å². The van der Waals surface area contributed by atoms with Crippen LogP contribution in [0.4, 0.5) is 0 Å². The predicted octanol–water partition coefficient (Wildman–Crippen LogP) is 3.63. The van der Waals surface area contributed by atoms with Gasteiger partial charge in [-0.15, -0.1) is 12.4 Å². The Morgan fingerprint density at radius 1 is 1.29 bits per heavy atom. The minimum atomic E-state index is -0.555. The fraction of sp³-hybridized carbons (Fsp3) is 0.909. The van der Waals surface area contributed by atoms with E-state index in [-0.39, 0.29) is 17.8 Å². The summed E-state index contributed by atoms with van der Waals surface area (Å²) in [6.07, 6.45) is 8.30. The summed E-state index contributed by atoms with van der Waals surface area (Å²) < 4.78 is 0. The second-order valence-electron chi connectivity index (χ2n) is 4.25. The van der Waals surface area contributed by atoms with Crippen LogP contribution in [-0.2, 0) is 4.79 Å². The summed E-state index contributed by atoms with van der Waals surface area (Å²) in [5.41, 5.74) is -0.353. The summed E-state index contributed by atoms with van der Waals surface area (Å²) in [5.74, 6) is -0.555. The van der Waals surface area contributed by atoms with E-state index < -0.39 is 5.97 Å². The number of aliphatic carboxylic acids is 1. The van der Waals surface area contributed by atoms with Crippen molar-refractivity contribution < 1.29 is 9.90 Å². The molecule has 0 radical (unpaired) electrons. The van der Waals surface area contributed by atoms with Crippen molar-refractivity contribution in [2.24, 2.45) is 5.41 Å². The molecule has 84 valence electrons. The number of rotatable bonds is 4. The molecule has 0 unspecified atom stereocenters. The monoisotopic (exact) mass is 220 g/mol. The van der Waals surface area contributed by atoms with Crippen LogP contribution in [0.1, 0.15) is 58.3 Å². The van der Waals surface area contributed by atoms with E-state index in [0.29, 0.717) is 0 Å². The number of halogens is 1. The van der Waals surface area contributed by atoms with Crippen LogP contribution in [0.25, 0.3) is 0 Å². The highest BCUT2D eigenvalue weighted by atomic mass is 35.5. The molecule has 0 aromatic heterocycles. The molecule has 1 saturated carbocycles. The Bertz CT molecular complexity index is 174. The first-order valence-electron chi connectivity index (χ1n) is 5.45. The van der Waals surface area contributed by atoms with Gasteiger partial charge >= 0.3 is 5.97 Å². The average Bonchev–Trinajstić information content (AvgIpc) is 2.16. The van der Waals surface area contributed by atoms with E-state index in [0.717, 1.165) is 44.9 Å². The Hall–Kier alpha value is -0.240. The van der Waals surface area contributed by atoms with Crippen LogP contribution >= 0.6 is 12.4 Å². The number of carbonyl (C=O) groups is 1. The molecular formula is C11H21ClO2. The van der Waals surface area contributed by atoms with Crippen LogP contribution in [0, 0.1) is 5.41 Å². The van der Waals surface area contributed by atoms with E-state index in [1.807, 2.05) is 0 Å². The fourth-order valence-electron chi connectivity index (χ4n) is 2.31. The molecule has 0 amide bonds. The summed E-state index contributed by atoms with van der Waals surface area (Å²) in [5, 5.41) is 9.22. The van der Waals surface area contributed by atoms with E-state index in [2.05, 4.69) is 6.92 Å². The lowest BCUT2D eigenvalue weighted by Crippen LogP contribution is -2.33. The van der Waals surface area contributed by atoms with Gasteiger partial charge in [0.2, 0.25) is 0 Å². The van der Waals surface area contributed by atoms with Gasteiger partial charge in [-0.3, -0.25) is 4.79 Å². The van der Waals surface area contributed by atoms with Crippen molar-refractivity contribution in [1.29, 1.82) is 0 Å². The van der Waals surface area contributed by atoms with Crippen molar-refractivity contribution in [3.8, 4) is 0 Å². The highest BCUT2D eigenvalue weighted by molar-refractivity contribution is 5.85. The van der Waals surface area contributed by atoms with Gasteiger partial charge in [0.05, 0.1) is 5.41 Å². The van der Waals surface area contributed by atoms with E-state index in [9.17, 15) is 9.90 Å². The molecule has 1 fully saturated rings. The van der Waals surface area contributed by atoms with Crippen LogP contribution in [0.5, 0.6) is 0 Å². The topological polar surface area (TPSA) is 37.3 Å². The maximum atomic E-state index is 11.2. The SMILES string of the molecule is CCCCC1(C(=O)O)CCCCC1.Cl. The normalized spacial score (nSPS) is 19.8. The molecule has 14 heavy (non-hydrogen) atoms. The first-order chi connectivity index (χ1) is 6.21. The van der Waals surface area contributed by atoms with Gasteiger partial charge in [-0.2, -0.15) is 0 Å².